The van der Waals surface area contributed by atoms with Gasteiger partial charge < -0.3 is 4.74 Å². The summed E-state index contributed by atoms with van der Waals surface area (Å²) >= 11 is 1.81. The average Bonchev–Trinajstić information content (AvgIpc) is 2.89. The highest BCUT2D eigenvalue weighted by molar-refractivity contribution is 7.17. The van der Waals surface area contributed by atoms with Crippen molar-refractivity contribution in [3.05, 3.63) is 35.2 Å². The first-order valence-corrected chi connectivity index (χ1v) is 7.75. The molecule has 3 nitrogen and oxygen atoms in total. The second kappa shape index (κ2) is 6.01. The summed E-state index contributed by atoms with van der Waals surface area (Å²) in [6.45, 7) is 1.73. The lowest BCUT2D eigenvalue weighted by Crippen LogP contribution is -2.45. The van der Waals surface area contributed by atoms with E-state index in [-0.39, 0.29) is 0 Å². The number of hydrogen-bond donors (Lipinski definition) is 2. The molecule has 3 N–H and O–H groups in total. The predicted molar refractivity (Wildman–Crippen MR) is 80.2 cm³/mol. The first-order valence-electron chi connectivity index (χ1n) is 6.87. The fourth-order valence-corrected chi connectivity index (χ4v) is 3.85. The fourth-order valence-electron chi connectivity index (χ4n) is 2.87. The van der Waals surface area contributed by atoms with Crippen molar-refractivity contribution in [2.24, 2.45) is 11.8 Å². The van der Waals surface area contributed by atoms with Crippen molar-refractivity contribution in [2.45, 2.75) is 25.3 Å². The molecule has 4 heteroatoms. The van der Waals surface area contributed by atoms with Gasteiger partial charge >= 0.3 is 0 Å². The standard InChI is InChI=1S/C15H20N2OS/c16-17-14(11-4-3-7-18-9-11)8-12-10-19-15-6-2-1-5-13(12)15/h1-2,5-6,10-11,14,17H,3-4,7-9,16H2. The first-order chi connectivity index (χ1) is 9.38. The summed E-state index contributed by atoms with van der Waals surface area (Å²) in [7, 11) is 0. The molecular weight excluding hydrogens is 256 g/mol. The molecule has 0 radical (unpaired) electrons. The van der Waals surface area contributed by atoms with E-state index < -0.39 is 0 Å². The van der Waals surface area contributed by atoms with Crippen LogP contribution in [0.5, 0.6) is 0 Å². The summed E-state index contributed by atoms with van der Waals surface area (Å²) in [5.41, 5.74) is 4.40. The van der Waals surface area contributed by atoms with Crippen molar-refractivity contribution in [3.8, 4) is 0 Å². The van der Waals surface area contributed by atoms with Gasteiger partial charge in [-0.3, -0.25) is 11.3 Å². The lowest BCUT2D eigenvalue weighted by Gasteiger charge is -2.29. The number of benzene rings is 1. The summed E-state index contributed by atoms with van der Waals surface area (Å²) in [5, 5.41) is 3.63. The summed E-state index contributed by atoms with van der Waals surface area (Å²) < 4.78 is 6.93. The van der Waals surface area contributed by atoms with Gasteiger partial charge in [0.25, 0.3) is 0 Å². The van der Waals surface area contributed by atoms with Crippen molar-refractivity contribution in [1.82, 2.24) is 5.43 Å². The molecule has 102 valence electrons. The largest absolute Gasteiger partial charge is 0.381 e. The molecule has 1 aromatic carbocycles. The van der Waals surface area contributed by atoms with Gasteiger partial charge in [-0.2, -0.15) is 0 Å². The van der Waals surface area contributed by atoms with Gasteiger partial charge in [0.1, 0.15) is 0 Å². The van der Waals surface area contributed by atoms with Gasteiger partial charge in [-0.1, -0.05) is 18.2 Å². The van der Waals surface area contributed by atoms with E-state index in [1.54, 1.807) is 0 Å². The molecule has 0 aliphatic carbocycles. The monoisotopic (exact) mass is 276 g/mol. The molecule has 1 aromatic heterocycles. The minimum absolute atomic E-state index is 0.304. The third-order valence-corrected chi connectivity index (χ3v) is 4.99. The zero-order valence-electron chi connectivity index (χ0n) is 11.0. The Morgan fingerprint density at radius 2 is 2.32 bits per heavy atom. The van der Waals surface area contributed by atoms with E-state index in [1.165, 1.54) is 22.1 Å². The molecule has 0 amide bonds. The third kappa shape index (κ3) is 2.82. The quantitative estimate of drug-likeness (QED) is 0.667. The molecule has 0 saturated carbocycles. The van der Waals surface area contributed by atoms with E-state index in [0.29, 0.717) is 12.0 Å². The third-order valence-electron chi connectivity index (χ3n) is 3.98. The number of hydrazine groups is 1. The van der Waals surface area contributed by atoms with Crippen LogP contribution in [0.3, 0.4) is 0 Å². The van der Waals surface area contributed by atoms with Crippen molar-refractivity contribution in [1.29, 1.82) is 0 Å². The molecule has 0 bridgehead atoms. The fraction of sp³-hybridized carbons (Fsp3) is 0.467. The number of thiophene rings is 1. The summed E-state index contributed by atoms with van der Waals surface area (Å²) in [6, 6.07) is 8.88. The lowest BCUT2D eigenvalue weighted by molar-refractivity contribution is 0.0394. The van der Waals surface area contributed by atoms with Gasteiger partial charge in [-0.25, -0.2) is 0 Å². The van der Waals surface area contributed by atoms with Crippen molar-refractivity contribution in [3.63, 3.8) is 0 Å². The second-order valence-corrected chi connectivity index (χ2v) is 6.12. The van der Waals surface area contributed by atoms with Gasteiger partial charge in [0.05, 0.1) is 6.61 Å². The molecule has 19 heavy (non-hydrogen) atoms. The molecular formula is C15H20N2OS. The Kier molecular flexibility index (Phi) is 4.13. The molecule has 1 aliphatic heterocycles. The van der Waals surface area contributed by atoms with Crippen molar-refractivity contribution >= 4 is 21.4 Å². The normalized spacial score (nSPS) is 21.6. The van der Waals surface area contributed by atoms with Crippen molar-refractivity contribution < 1.29 is 4.74 Å². The molecule has 2 atom stereocenters. The highest BCUT2D eigenvalue weighted by Crippen LogP contribution is 2.28. The SMILES string of the molecule is NNC(Cc1csc2ccccc12)C1CCCOC1. The van der Waals surface area contributed by atoms with Crippen LogP contribution in [0.2, 0.25) is 0 Å². The minimum Gasteiger partial charge on any atom is -0.381 e. The highest BCUT2D eigenvalue weighted by Gasteiger charge is 2.24. The van der Waals surface area contributed by atoms with E-state index in [1.807, 2.05) is 11.3 Å². The first kappa shape index (κ1) is 13.1. The Morgan fingerprint density at radius 1 is 1.42 bits per heavy atom. The maximum Gasteiger partial charge on any atom is 0.0509 e. The number of rotatable bonds is 4. The summed E-state index contributed by atoms with van der Waals surface area (Å²) in [5.74, 6) is 6.29. The predicted octanol–water partition coefficient (Wildman–Crippen LogP) is 2.70. The van der Waals surface area contributed by atoms with E-state index in [4.69, 9.17) is 10.6 Å². The van der Waals surface area contributed by atoms with E-state index in [0.717, 1.165) is 26.1 Å². The Labute approximate surface area is 117 Å². The van der Waals surface area contributed by atoms with Crippen LogP contribution in [0.1, 0.15) is 18.4 Å². The Balaban J connectivity index is 1.78. The lowest BCUT2D eigenvalue weighted by atomic mass is 9.89. The van der Waals surface area contributed by atoms with Crippen LogP contribution in [-0.4, -0.2) is 19.3 Å². The Hall–Kier alpha value is -0.940. The van der Waals surface area contributed by atoms with E-state index >= 15 is 0 Å². The highest BCUT2D eigenvalue weighted by atomic mass is 32.1. The average molecular weight is 276 g/mol. The molecule has 1 fully saturated rings. The topological polar surface area (TPSA) is 47.3 Å². The minimum atomic E-state index is 0.304. The van der Waals surface area contributed by atoms with Crippen molar-refractivity contribution in [2.75, 3.05) is 13.2 Å². The van der Waals surface area contributed by atoms with Crippen LogP contribution in [0, 0.1) is 5.92 Å². The smallest absolute Gasteiger partial charge is 0.0509 e. The molecule has 1 saturated heterocycles. The molecule has 3 rings (SSSR count). The Bertz CT molecular complexity index is 534. The number of nitrogens with two attached hydrogens (primary N) is 1. The number of fused-ring (bicyclic) bond motifs is 1. The summed E-state index contributed by atoms with van der Waals surface area (Å²) in [4.78, 5) is 0. The second-order valence-electron chi connectivity index (χ2n) is 5.21. The number of nitrogens with one attached hydrogen (secondary N) is 1. The van der Waals surface area contributed by atoms with Crippen LogP contribution < -0.4 is 11.3 Å². The molecule has 1 aliphatic rings. The molecule has 0 spiro atoms. The van der Waals surface area contributed by atoms with E-state index in [2.05, 4.69) is 35.1 Å². The Morgan fingerprint density at radius 3 is 3.11 bits per heavy atom. The number of hydrogen-bond acceptors (Lipinski definition) is 4. The van der Waals surface area contributed by atoms with Crippen LogP contribution in [-0.2, 0) is 11.2 Å². The van der Waals surface area contributed by atoms with E-state index in [9.17, 15) is 0 Å². The molecule has 2 aromatic rings. The van der Waals surface area contributed by atoms with Crippen LogP contribution >= 0.6 is 11.3 Å². The van der Waals surface area contributed by atoms with Crippen LogP contribution in [0.25, 0.3) is 10.1 Å². The van der Waals surface area contributed by atoms with Gasteiger partial charge in [0.2, 0.25) is 0 Å². The van der Waals surface area contributed by atoms with Gasteiger partial charge in [0, 0.05) is 17.3 Å². The number of ether oxygens (including phenoxy) is 1. The zero-order valence-corrected chi connectivity index (χ0v) is 11.8. The molecule has 2 unspecified atom stereocenters. The van der Waals surface area contributed by atoms with Gasteiger partial charge in [-0.15, -0.1) is 11.3 Å². The van der Waals surface area contributed by atoms with Crippen LogP contribution in [0.4, 0.5) is 0 Å². The van der Waals surface area contributed by atoms with Crippen LogP contribution in [0.15, 0.2) is 29.6 Å². The maximum absolute atomic E-state index is 5.76. The van der Waals surface area contributed by atoms with Gasteiger partial charge in [-0.05, 0) is 47.6 Å². The summed E-state index contributed by atoms with van der Waals surface area (Å²) in [6.07, 6.45) is 3.33. The maximum atomic E-state index is 5.76. The molecule has 2 heterocycles. The van der Waals surface area contributed by atoms with Gasteiger partial charge in [0.15, 0.2) is 0 Å². The zero-order chi connectivity index (χ0) is 13.1.